The number of hydrogen-bond acceptors (Lipinski definition) is 2. The third-order valence-corrected chi connectivity index (χ3v) is 3.99. The van der Waals surface area contributed by atoms with Gasteiger partial charge in [0.2, 0.25) is 5.91 Å². The lowest BCUT2D eigenvalue weighted by Crippen LogP contribution is -2.38. The molecule has 0 saturated heterocycles. The molecule has 0 N–H and O–H groups in total. The van der Waals surface area contributed by atoms with Gasteiger partial charge in [0.15, 0.2) is 0 Å². The van der Waals surface area contributed by atoms with Crippen molar-refractivity contribution in [3.8, 4) is 0 Å². The van der Waals surface area contributed by atoms with Crippen LogP contribution in [0.3, 0.4) is 0 Å². The van der Waals surface area contributed by atoms with Gasteiger partial charge in [-0.2, -0.15) is 0 Å². The summed E-state index contributed by atoms with van der Waals surface area (Å²) in [6.07, 6.45) is 0.562. The molecule has 0 bridgehead atoms. The molecule has 112 valence electrons. The molecule has 0 aliphatic carbocycles. The number of likely N-dealkylation sites (N-methyl/N-ethyl adjacent to an activating group) is 1. The molecular weight excluding hydrogens is 316 g/mol. The lowest BCUT2D eigenvalue weighted by molar-refractivity contribution is -0.131. The number of carbonyl (C=O) groups excluding carboxylic acids is 1. The fraction of sp³-hybridized carbons (Fsp3) is 0.562. The molecule has 0 radical (unpaired) electrons. The molecule has 4 heteroatoms. The summed E-state index contributed by atoms with van der Waals surface area (Å²) in [4.78, 5) is 16.4. The SMILES string of the molecule is CCC(=O)N(CCN(CC)CC)Cc1cccc(Br)c1. The predicted molar refractivity (Wildman–Crippen MR) is 87.6 cm³/mol. The van der Waals surface area contributed by atoms with E-state index in [1.807, 2.05) is 24.0 Å². The summed E-state index contributed by atoms with van der Waals surface area (Å²) in [5.41, 5.74) is 1.17. The summed E-state index contributed by atoms with van der Waals surface area (Å²) in [5, 5.41) is 0. The summed E-state index contributed by atoms with van der Waals surface area (Å²) in [6, 6.07) is 8.16. The van der Waals surface area contributed by atoms with E-state index < -0.39 is 0 Å². The van der Waals surface area contributed by atoms with E-state index in [0.29, 0.717) is 13.0 Å². The third-order valence-electron chi connectivity index (χ3n) is 3.50. The highest BCUT2D eigenvalue weighted by molar-refractivity contribution is 9.10. The molecule has 1 aromatic carbocycles. The van der Waals surface area contributed by atoms with Gasteiger partial charge in [-0.15, -0.1) is 0 Å². The fourth-order valence-electron chi connectivity index (χ4n) is 2.17. The van der Waals surface area contributed by atoms with E-state index in [9.17, 15) is 4.79 Å². The van der Waals surface area contributed by atoms with Crippen LogP contribution < -0.4 is 0 Å². The number of halogens is 1. The Hall–Kier alpha value is -0.870. The van der Waals surface area contributed by atoms with E-state index in [0.717, 1.165) is 30.7 Å². The lowest BCUT2D eigenvalue weighted by Gasteiger charge is -2.26. The number of hydrogen-bond donors (Lipinski definition) is 0. The predicted octanol–water partition coefficient (Wildman–Crippen LogP) is 3.53. The van der Waals surface area contributed by atoms with Crippen LogP contribution in [0.2, 0.25) is 0 Å². The summed E-state index contributed by atoms with van der Waals surface area (Å²) < 4.78 is 1.06. The average molecular weight is 341 g/mol. The Balaban J connectivity index is 2.67. The molecule has 0 aliphatic heterocycles. The van der Waals surface area contributed by atoms with E-state index in [2.05, 4.69) is 46.8 Å². The molecule has 3 nitrogen and oxygen atoms in total. The standard InChI is InChI=1S/C16H25BrN2O/c1-4-16(20)19(11-10-18(5-2)6-3)13-14-8-7-9-15(17)12-14/h7-9,12H,4-6,10-11,13H2,1-3H3. The third kappa shape index (κ3) is 5.63. The maximum absolute atomic E-state index is 12.1. The van der Waals surface area contributed by atoms with Crippen molar-refractivity contribution in [1.82, 2.24) is 9.80 Å². The van der Waals surface area contributed by atoms with Gasteiger partial charge in [0.25, 0.3) is 0 Å². The zero-order valence-electron chi connectivity index (χ0n) is 12.7. The quantitative estimate of drug-likeness (QED) is 0.722. The fourth-order valence-corrected chi connectivity index (χ4v) is 2.62. The summed E-state index contributed by atoms with van der Waals surface area (Å²) in [7, 11) is 0. The van der Waals surface area contributed by atoms with Crippen molar-refractivity contribution in [2.75, 3.05) is 26.2 Å². The first kappa shape index (κ1) is 17.2. The van der Waals surface area contributed by atoms with Gasteiger partial charge in [-0.25, -0.2) is 0 Å². The van der Waals surface area contributed by atoms with E-state index in [1.54, 1.807) is 0 Å². The van der Waals surface area contributed by atoms with Crippen LogP contribution in [-0.2, 0) is 11.3 Å². The molecule has 0 atom stereocenters. The van der Waals surface area contributed by atoms with Gasteiger partial charge >= 0.3 is 0 Å². The summed E-state index contributed by atoms with van der Waals surface area (Å²) in [6.45, 7) is 10.7. The van der Waals surface area contributed by atoms with E-state index in [4.69, 9.17) is 0 Å². The van der Waals surface area contributed by atoms with Crippen LogP contribution in [0, 0.1) is 0 Å². The number of nitrogens with zero attached hydrogens (tertiary/aromatic N) is 2. The Kier molecular flexibility index (Phi) is 7.85. The van der Waals surface area contributed by atoms with Crippen molar-refractivity contribution in [3.63, 3.8) is 0 Å². The largest absolute Gasteiger partial charge is 0.337 e. The molecule has 0 aliphatic rings. The zero-order valence-corrected chi connectivity index (χ0v) is 14.3. The van der Waals surface area contributed by atoms with E-state index >= 15 is 0 Å². The molecular formula is C16H25BrN2O. The molecule has 0 fully saturated rings. The smallest absolute Gasteiger partial charge is 0.222 e. The first-order valence-electron chi connectivity index (χ1n) is 7.35. The van der Waals surface area contributed by atoms with Crippen molar-refractivity contribution in [2.45, 2.75) is 33.7 Å². The molecule has 0 unspecified atom stereocenters. The second-order valence-electron chi connectivity index (χ2n) is 4.83. The Bertz CT molecular complexity index is 419. The van der Waals surface area contributed by atoms with E-state index in [1.165, 1.54) is 5.56 Å². The highest BCUT2D eigenvalue weighted by Gasteiger charge is 2.13. The average Bonchev–Trinajstić information content (AvgIpc) is 2.46. The normalized spacial score (nSPS) is 10.8. The van der Waals surface area contributed by atoms with Gasteiger partial charge in [-0.3, -0.25) is 4.79 Å². The van der Waals surface area contributed by atoms with Gasteiger partial charge in [-0.1, -0.05) is 48.8 Å². The van der Waals surface area contributed by atoms with Gasteiger partial charge < -0.3 is 9.80 Å². The summed E-state index contributed by atoms with van der Waals surface area (Å²) >= 11 is 3.48. The number of carbonyl (C=O) groups is 1. The molecule has 0 spiro atoms. The lowest BCUT2D eigenvalue weighted by atomic mass is 10.2. The Labute approximate surface area is 131 Å². The van der Waals surface area contributed by atoms with Crippen molar-refractivity contribution in [3.05, 3.63) is 34.3 Å². The Morgan fingerprint density at radius 1 is 1.15 bits per heavy atom. The highest BCUT2D eigenvalue weighted by Crippen LogP contribution is 2.14. The Morgan fingerprint density at radius 2 is 1.85 bits per heavy atom. The Morgan fingerprint density at radius 3 is 2.40 bits per heavy atom. The zero-order chi connectivity index (χ0) is 15.0. The number of amides is 1. The van der Waals surface area contributed by atoms with E-state index in [-0.39, 0.29) is 5.91 Å². The maximum atomic E-state index is 12.1. The molecule has 20 heavy (non-hydrogen) atoms. The van der Waals surface area contributed by atoms with Crippen LogP contribution in [-0.4, -0.2) is 41.9 Å². The van der Waals surface area contributed by atoms with Gasteiger partial charge in [0.1, 0.15) is 0 Å². The topological polar surface area (TPSA) is 23.6 Å². The van der Waals surface area contributed by atoms with Crippen LogP contribution in [0.15, 0.2) is 28.7 Å². The van der Waals surface area contributed by atoms with Crippen LogP contribution in [0.4, 0.5) is 0 Å². The van der Waals surface area contributed by atoms with Crippen molar-refractivity contribution in [1.29, 1.82) is 0 Å². The number of rotatable bonds is 8. The van der Waals surface area contributed by atoms with Gasteiger partial charge in [-0.05, 0) is 30.8 Å². The second-order valence-corrected chi connectivity index (χ2v) is 5.74. The minimum atomic E-state index is 0.220. The molecule has 1 aromatic rings. The minimum Gasteiger partial charge on any atom is -0.337 e. The van der Waals surface area contributed by atoms with Crippen molar-refractivity contribution < 1.29 is 4.79 Å². The van der Waals surface area contributed by atoms with Crippen molar-refractivity contribution in [2.24, 2.45) is 0 Å². The van der Waals surface area contributed by atoms with Crippen LogP contribution in [0.5, 0.6) is 0 Å². The molecule has 1 amide bonds. The molecule has 0 heterocycles. The number of benzene rings is 1. The minimum absolute atomic E-state index is 0.220. The first-order valence-corrected chi connectivity index (χ1v) is 8.14. The van der Waals surface area contributed by atoms with Crippen LogP contribution >= 0.6 is 15.9 Å². The van der Waals surface area contributed by atoms with Crippen molar-refractivity contribution >= 4 is 21.8 Å². The summed E-state index contributed by atoms with van der Waals surface area (Å²) in [5.74, 6) is 0.220. The van der Waals surface area contributed by atoms with Gasteiger partial charge in [0, 0.05) is 30.5 Å². The monoisotopic (exact) mass is 340 g/mol. The second kappa shape index (κ2) is 9.14. The van der Waals surface area contributed by atoms with Crippen LogP contribution in [0.25, 0.3) is 0 Å². The molecule has 1 rings (SSSR count). The first-order chi connectivity index (χ1) is 9.60. The molecule has 0 aromatic heterocycles. The maximum Gasteiger partial charge on any atom is 0.222 e. The highest BCUT2D eigenvalue weighted by atomic mass is 79.9. The van der Waals surface area contributed by atoms with Crippen LogP contribution in [0.1, 0.15) is 32.8 Å². The van der Waals surface area contributed by atoms with Gasteiger partial charge in [0.05, 0.1) is 0 Å². The molecule has 0 saturated carbocycles.